The second kappa shape index (κ2) is 11.2. The minimum Gasteiger partial charge on any atom is -0.372 e. The molecule has 0 saturated heterocycles. The lowest BCUT2D eigenvalue weighted by molar-refractivity contribution is 0.0954. The highest BCUT2D eigenvalue weighted by molar-refractivity contribution is 9.10. The highest BCUT2D eigenvalue weighted by Gasteiger charge is 2.10. The van der Waals surface area contributed by atoms with Crippen LogP contribution < -0.4 is 15.6 Å². The Labute approximate surface area is 196 Å². The van der Waals surface area contributed by atoms with Crippen LogP contribution in [-0.2, 0) is 0 Å². The molecule has 0 radical (unpaired) electrons. The van der Waals surface area contributed by atoms with Gasteiger partial charge < -0.3 is 10.2 Å². The summed E-state index contributed by atoms with van der Waals surface area (Å²) in [7, 11) is 0. The lowest BCUT2D eigenvalue weighted by Crippen LogP contribution is -2.21. The number of hydrogen-bond acceptors (Lipinski definition) is 4. The molecule has 164 valence electrons. The third-order valence-electron chi connectivity index (χ3n) is 4.92. The summed E-state index contributed by atoms with van der Waals surface area (Å²) in [5.74, 6) is -0.559. The molecule has 0 aliphatic heterocycles. The fraction of sp³-hybridized carbons (Fsp3) is 0.160. The fourth-order valence-electron chi connectivity index (χ4n) is 3.14. The molecule has 0 atom stereocenters. The summed E-state index contributed by atoms with van der Waals surface area (Å²) in [6, 6.07) is 21.8. The van der Waals surface area contributed by atoms with Crippen LogP contribution >= 0.6 is 15.9 Å². The van der Waals surface area contributed by atoms with Gasteiger partial charge in [-0.1, -0.05) is 24.3 Å². The first kappa shape index (κ1) is 23.2. The molecular formula is C25H25BrN4O2. The van der Waals surface area contributed by atoms with Gasteiger partial charge in [0.25, 0.3) is 11.8 Å². The summed E-state index contributed by atoms with van der Waals surface area (Å²) >= 11 is 3.37. The van der Waals surface area contributed by atoms with Crippen LogP contribution in [0.1, 0.15) is 40.1 Å². The Kier molecular flexibility index (Phi) is 8.16. The van der Waals surface area contributed by atoms with Gasteiger partial charge in [0.1, 0.15) is 0 Å². The average molecular weight is 493 g/mol. The maximum absolute atomic E-state index is 12.4. The number of carbonyl (C=O) groups is 2. The predicted octanol–water partition coefficient (Wildman–Crippen LogP) is 5.31. The van der Waals surface area contributed by atoms with E-state index >= 15 is 0 Å². The molecule has 3 aromatic rings. The van der Waals surface area contributed by atoms with E-state index in [4.69, 9.17) is 0 Å². The average Bonchev–Trinajstić information content (AvgIpc) is 2.81. The Morgan fingerprint density at radius 3 is 2.19 bits per heavy atom. The van der Waals surface area contributed by atoms with Gasteiger partial charge in [-0.25, -0.2) is 5.43 Å². The predicted molar refractivity (Wildman–Crippen MR) is 134 cm³/mol. The molecule has 0 spiro atoms. The molecule has 0 unspecified atom stereocenters. The van der Waals surface area contributed by atoms with Crippen molar-refractivity contribution in [2.24, 2.45) is 5.10 Å². The highest BCUT2D eigenvalue weighted by Crippen LogP contribution is 2.18. The third-order valence-corrected chi connectivity index (χ3v) is 5.62. The monoisotopic (exact) mass is 492 g/mol. The minimum atomic E-state index is -0.329. The van der Waals surface area contributed by atoms with E-state index in [0.717, 1.165) is 24.3 Å². The molecule has 0 aromatic heterocycles. The summed E-state index contributed by atoms with van der Waals surface area (Å²) in [6.45, 7) is 6.15. The summed E-state index contributed by atoms with van der Waals surface area (Å²) in [5.41, 5.74) is 6.15. The first-order valence-electron chi connectivity index (χ1n) is 10.4. The zero-order chi connectivity index (χ0) is 22.9. The molecule has 0 aliphatic carbocycles. The van der Waals surface area contributed by atoms with Crippen LogP contribution in [0.3, 0.4) is 0 Å². The van der Waals surface area contributed by atoms with Gasteiger partial charge in [-0.15, -0.1) is 0 Å². The fourth-order valence-corrected chi connectivity index (χ4v) is 3.60. The highest BCUT2D eigenvalue weighted by atomic mass is 79.9. The molecule has 0 fully saturated rings. The molecule has 7 heteroatoms. The van der Waals surface area contributed by atoms with Crippen molar-refractivity contribution in [1.82, 2.24) is 5.43 Å². The van der Waals surface area contributed by atoms with E-state index in [9.17, 15) is 9.59 Å². The zero-order valence-corrected chi connectivity index (χ0v) is 19.6. The SMILES string of the molecule is CCN(CC)c1ccc(/C=N/NC(=O)c2ccc(NC(=O)c3ccccc3Br)cc2)cc1. The van der Waals surface area contributed by atoms with Crippen LogP contribution in [0.15, 0.2) is 82.4 Å². The first-order valence-corrected chi connectivity index (χ1v) is 11.2. The van der Waals surface area contributed by atoms with Gasteiger partial charge in [0.15, 0.2) is 0 Å². The summed E-state index contributed by atoms with van der Waals surface area (Å²) in [4.78, 5) is 27.0. The number of rotatable bonds is 8. The number of nitrogens with zero attached hydrogens (tertiary/aromatic N) is 2. The number of anilines is 2. The number of halogens is 1. The number of nitrogens with one attached hydrogen (secondary N) is 2. The van der Waals surface area contributed by atoms with E-state index in [1.165, 1.54) is 0 Å². The van der Waals surface area contributed by atoms with Crippen molar-refractivity contribution >= 4 is 45.3 Å². The van der Waals surface area contributed by atoms with Gasteiger partial charge in [-0.2, -0.15) is 5.10 Å². The summed E-state index contributed by atoms with van der Waals surface area (Å²) in [5, 5.41) is 6.86. The molecule has 3 aromatic carbocycles. The standard InChI is InChI=1S/C25H25BrN4O2/c1-3-30(4-2)21-15-9-18(10-16-21)17-27-29-24(31)19-11-13-20(14-12-19)28-25(32)22-7-5-6-8-23(22)26/h5-17H,3-4H2,1-2H3,(H,28,32)(H,29,31)/b27-17+. The van der Waals surface area contributed by atoms with E-state index in [1.54, 1.807) is 42.6 Å². The Morgan fingerprint density at radius 1 is 0.906 bits per heavy atom. The molecular weight excluding hydrogens is 468 g/mol. The normalized spacial score (nSPS) is 10.7. The molecule has 0 bridgehead atoms. The van der Waals surface area contributed by atoms with Gasteiger partial charge in [0.05, 0.1) is 11.8 Å². The molecule has 0 saturated carbocycles. The smallest absolute Gasteiger partial charge is 0.271 e. The van der Waals surface area contributed by atoms with E-state index in [1.807, 2.05) is 36.4 Å². The maximum Gasteiger partial charge on any atom is 0.271 e. The second-order valence-electron chi connectivity index (χ2n) is 6.97. The topological polar surface area (TPSA) is 73.8 Å². The van der Waals surface area contributed by atoms with Crippen molar-refractivity contribution in [1.29, 1.82) is 0 Å². The van der Waals surface area contributed by atoms with Crippen molar-refractivity contribution < 1.29 is 9.59 Å². The first-order chi connectivity index (χ1) is 15.5. The number of carbonyl (C=O) groups excluding carboxylic acids is 2. The second-order valence-corrected chi connectivity index (χ2v) is 7.83. The van der Waals surface area contributed by atoms with Crippen LogP contribution in [0.5, 0.6) is 0 Å². The third kappa shape index (κ3) is 6.04. The van der Waals surface area contributed by atoms with Crippen LogP contribution in [-0.4, -0.2) is 31.1 Å². The van der Waals surface area contributed by atoms with Gasteiger partial charge >= 0.3 is 0 Å². The van der Waals surface area contributed by atoms with Crippen molar-refractivity contribution in [2.75, 3.05) is 23.3 Å². The molecule has 2 N–H and O–H groups in total. The zero-order valence-electron chi connectivity index (χ0n) is 18.0. The molecule has 32 heavy (non-hydrogen) atoms. The van der Waals surface area contributed by atoms with Crippen LogP contribution in [0.4, 0.5) is 11.4 Å². The Hall–Kier alpha value is -3.45. The molecule has 2 amide bonds. The van der Waals surface area contributed by atoms with Crippen LogP contribution in [0, 0.1) is 0 Å². The Balaban J connectivity index is 1.55. The van der Waals surface area contributed by atoms with Crippen molar-refractivity contribution in [3.63, 3.8) is 0 Å². The van der Waals surface area contributed by atoms with Gasteiger partial charge in [-0.05, 0) is 83.9 Å². The summed E-state index contributed by atoms with van der Waals surface area (Å²) < 4.78 is 0.717. The Bertz CT molecular complexity index is 1090. The van der Waals surface area contributed by atoms with Crippen molar-refractivity contribution in [2.45, 2.75) is 13.8 Å². The Morgan fingerprint density at radius 2 is 1.56 bits per heavy atom. The molecule has 3 rings (SSSR count). The van der Waals surface area contributed by atoms with E-state index < -0.39 is 0 Å². The lowest BCUT2D eigenvalue weighted by atomic mass is 10.1. The minimum absolute atomic E-state index is 0.230. The van der Waals surface area contributed by atoms with E-state index in [2.05, 4.69) is 50.5 Å². The van der Waals surface area contributed by atoms with Crippen molar-refractivity contribution in [3.05, 3.63) is 94.0 Å². The molecule has 6 nitrogen and oxygen atoms in total. The number of hydrazone groups is 1. The van der Waals surface area contributed by atoms with E-state index in [0.29, 0.717) is 21.3 Å². The number of amides is 2. The lowest BCUT2D eigenvalue weighted by Gasteiger charge is -2.20. The quantitative estimate of drug-likeness (QED) is 0.330. The largest absolute Gasteiger partial charge is 0.372 e. The number of benzene rings is 3. The number of hydrogen-bond donors (Lipinski definition) is 2. The maximum atomic E-state index is 12.4. The molecule has 0 heterocycles. The summed E-state index contributed by atoms with van der Waals surface area (Å²) in [6.07, 6.45) is 1.61. The van der Waals surface area contributed by atoms with E-state index in [-0.39, 0.29) is 11.8 Å². The van der Waals surface area contributed by atoms with Gasteiger partial charge in [0.2, 0.25) is 0 Å². The van der Waals surface area contributed by atoms with Crippen molar-refractivity contribution in [3.8, 4) is 0 Å². The van der Waals surface area contributed by atoms with Gasteiger partial charge in [0, 0.05) is 34.5 Å². The van der Waals surface area contributed by atoms with Crippen LogP contribution in [0.25, 0.3) is 0 Å². The van der Waals surface area contributed by atoms with Gasteiger partial charge in [-0.3, -0.25) is 9.59 Å². The van der Waals surface area contributed by atoms with Crippen LogP contribution in [0.2, 0.25) is 0 Å². The molecule has 0 aliphatic rings.